The zero-order chi connectivity index (χ0) is 88.1. The number of nitrogens with zero attached hydrogens (tertiary/aromatic N) is 3. The number of benzene rings is 22. The maximum atomic E-state index is 2.58. The fourth-order valence-corrected chi connectivity index (χ4v) is 23.6. The number of fused-ring (bicyclic) bond motifs is 20. The summed E-state index contributed by atoms with van der Waals surface area (Å²) in [6.07, 6.45) is 0. The number of hydrogen-bond donors (Lipinski definition) is 0. The summed E-state index contributed by atoms with van der Waals surface area (Å²) < 4.78 is 7.36. The maximum Gasteiger partial charge on any atom is 0.0714 e. The lowest BCUT2D eigenvalue weighted by Crippen LogP contribution is -2.28. The molecule has 0 radical (unpaired) electrons. The SMILES string of the molecule is c1ccc(-c2cccc(-n3c4ccc(-c5ccc6c(c5)c5ccccc5n6-c5ccc6ccccc6c5)cc4c4cc5c(cc43)C(c3ccccc3)(c3ccccc3)c3ccccc3-5)c2)cc1.c1ccc(-c2cccc(C3c4ccc(-c5ccc6c(c5)c5ccccc5n6-c5ccc6ccccc6c5)cc4-c4cc5c(cc43)-c3ccccc3C5(c3ccccc3)c3ccccc3)c2)cc1. The molecule has 25 aromatic rings. The molecule has 3 aliphatic rings. The van der Waals surface area contributed by atoms with Gasteiger partial charge in [0.1, 0.15) is 0 Å². The van der Waals surface area contributed by atoms with Gasteiger partial charge < -0.3 is 13.7 Å². The molecule has 1 unspecified atom stereocenters. The van der Waals surface area contributed by atoms with E-state index < -0.39 is 10.8 Å². The van der Waals surface area contributed by atoms with Gasteiger partial charge in [-0.2, -0.15) is 0 Å². The average molecular weight is 1700 g/mol. The van der Waals surface area contributed by atoms with Crippen LogP contribution in [-0.2, 0) is 10.8 Å². The van der Waals surface area contributed by atoms with Crippen molar-refractivity contribution in [3.8, 4) is 95.0 Å². The Labute approximate surface area is 777 Å². The van der Waals surface area contributed by atoms with Crippen LogP contribution in [0.4, 0.5) is 0 Å². The molecule has 624 valence electrons. The van der Waals surface area contributed by atoms with Gasteiger partial charge in [0.05, 0.1) is 43.9 Å². The first kappa shape index (κ1) is 76.8. The van der Waals surface area contributed by atoms with E-state index in [-0.39, 0.29) is 5.92 Å². The zero-order valence-corrected chi connectivity index (χ0v) is 73.4. The quantitative estimate of drug-likeness (QED) is 0.116. The Kier molecular flexibility index (Phi) is 17.6. The topological polar surface area (TPSA) is 14.8 Å². The van der Waals surface area contributed by atoms with E-state index in [1.165, 1.54) is 237 Å². The van der Waals surface area contributed by atoms with E-state index in [9.17, 15) is 0 Å². The molecule has 3 aliphatic carbocycles. The van der Waals surface area contributed by atoms with Gasteiger partial charge in [0.2, 0.25) is 0 Å². The summed E-state index contributed by atoms with van der Waals surface area (Å²) >= 11 is 0. The van der Waals surface area contributed by atoms with Gasteiger partial charge in [-0.05, 0) is 276 Å². The minimum absolute atomic E-state index is 0.0611. The molecule has 0 saturated heterocycles. The molecule has 3 heterocycles. The van der Waals surface area contributed by atoms with Gasteiger partial charge in [-0.1, -0.05) is 394 Å². The van der Waals surface area contributed by atoms with Gasteiger partial charge >= 0.3 is 0 Å². The number of hydrogen-bond acceptors (Lipinski definition) is 0. The van der Waals surface area contributed by atoms with Gasteiger partial charge in [-0.3, -0.25) is 0 Å². The van der Waals surface area contributed by atoms with Crippen molar-refractivity contribution < 1.29 is 0 Å². The van der Waals surface area contributed by atoms with E-state index in [1.54, 1.807) is 0 Å². The maximum absolute atomic E-state index is 2.58. The van der Waals surface area contributed by atoms with Crippen LogP contribution >= 0.6 is 0 Å². The van der Waals surface area contributed by atoms with Crippen molar-refractivity contribution in [2.75, 3.05) is 0 Å². The second kappa shape index (κ2) is 30.7. The van der Waals surface area contributed by atoms with Crippen LogP contribution in [0.15, 0.2) is 510 Å². The Bertz CT molecular complexity index is 8970. The van der Waals surface area contributed by atoms with E-state index in [4.69, 9.17) is 0 Å². The van der Waals surface area contributed by atoms with Crippen LogP contribution in [0.1, 0.15) is 67.1 Å². The molecule has 0 aliphatic heterocycles. The van der Waals surface area contributed by atoms with Crippen molar-refractivity contribution in [2.45, 2.75) is 16.7 Å². The van der Waals surface area contributed by atoms with E-state index in [1.807, 2.05) is 0 Å². The minimum Gasteiger partial charge on any atom is -0.309 e. The normalized spacial score (nSPS) is 13.6. The zero-order valence-electron chi connectivity index (χ0n) is 73.4. The molecule has 134 heavy (non-hydrogen) atoms. The van der Waals surface area contributed by atoms with Crippen LogP contribution in [0.3, 0.4) is 0 Å². The fourth-order valence-electron chi connectivity index (χ4n) is 23.6. The second-order valence-electron chi connectivity index (χ2n) is 36.4. The molecule has 1 atom stereocenters. The van der Waals surface area contributed by atoms with Crippen molar-refractivity contribution in [3.05, 3.63) is 571 Å². The van der Waals surface area contributed by atoms with E-state index in [0.29, 0.717) is 0 Å². The molecule has 22 aromatic carbocycles. The second-order valence-corrected chi connectivity index (χ2v) is 36.4. The summed E-state index contributed by atoms with van der Waals surface area (Å²) in [4.78, 5) is 0. The molecule has 0 N–H and O–H groups in total. The lowest BCUT2D eigenvalue weighted by molar-refractivity contribution is 0.768. The summed E-state index contributed by atoms with van der Waals surface area (Å²) in [5.41, 5.74) is 41.5. The Morgan fingerprint density at radius 2 is 0.507 bits per heavy atom. The van der Waals surface area contributed by atoms with Crippen molar-refractivity contribution in [1.29, 1.82) is 0 Å². The molecule has 0 amide bonds. The van der Waals surface area contributed by atoms with Crippen LogP contribution in [0.5, 0.6) is 0 Å². The minimum atomic E-state index is -0.512. The van der Waals surface area contributed by atoms with Crippen LogP contribution in [-0.4, -0.2) is 13.7 Å². The van der Waals surface area contributed by atoms with Crippen LogP contribution in [0.25, 0.3) is 182 Å². The Balaban J connectivity index is 0.000000136. The summed E-state index contributed by atoms with van der Waals surface area (Å²) in [6.45, 7) is 0. The molecular weight excluding hydrogens is 1620 g/mol. The summed E-state index contributed by atoms with van der Waals surface area (Å²) in [7, 11) is 0. The van der Waals surface area contributed by atoms with E-state index in [0.717, 1.165) is 5.69 Å². The van der Waals surface area contributed by atoms with Crippen molar-refractivity contribution in [2.24, 2.45) is 0 Å². The third kappa shape index (κ3) is 11.8. The van der Waals surface area contributed by atoms with E-state index >= 15 is 0 Å². The molecule has 0 fully saturated rings. The van der Waals surface area contributed by atoms with Crippen LogP contribution in [0, 0.1) is 0 Å². The van der Waals surface area contributed by atoms with Crippen molar-refractivity contribution in [1.82, 2.24) is 13.7 Å². The largest absolute Gasteiger partial charge is 0.309 e. The number of para-hydroxylation sites is 2. The number of rotatable bonds is 12. The monoisotopic (exact) mass is 1700 g/mol. The first-order chi connectivity index (χ1) is 66.4. The van der Waals surface area contributed by atoms with Gasteiger partial charge in [-0.15, -0.1) is 0 Å². The molecule has 28 rings (SSSR count). The first-order valence-corrected chi connectivity index (χ1v) is 46.7. The predicted octanol–water partition coefficient (Wildman–Crippen LogP) is 33.5. The highest BCUT2D eigenvalue weighted by Gasteiger charge is 2.49. The third-order valence-electron chi connectivity index (χ3n) is 29.5. The number of aromatic nitrogens is 3. The van der Waals surface area contributed by atoms with E-state index in [2.05, 4.69) is 523 Å². The van der Waals surface area contributed by atoms with Gasteiger partial charge in [0.25, 0.3) is 0 Å². The summed E-state index contributed by atoms with van der Waals surface area (Å²) in [5.74, 6) is 0.0611. The molecule has 0 bridgehead atoms. The lowest BCUT2D eigenvalue weighted by Gasteiger charge is -2.34. The smallest absolute Gasteiger partial charge is 0.0714 e. The van der Waals surface area contributed by atoms with Crippen LogP contribution in [0.2, 0.25) is 0 Å². The predicted molar refractivity (Wildman–Crippen MR) is 560 cm³/mol. The highest BCUT2D eigenvalue weighted by Crippen LogP contribution is 2.62. The highest BCUT2D eigenvalue weighted by atomic mass is 15.0. The molecule has 3 aromatic heterocycles. The van der Waals surface area contributed by atoms with Crippen molar-refractivity contribution >= 4 is 87.0 Å². The summed E-state index contributed by atoms with van der Waals surface area (Å²) in [6, 6.07) is 190. The van der Waals surface area contributed by atoms with Gasteiger partial charge in [0, 0.05) is 55.3 Å². The van der Waals surface area contributed by atoms with Gasteiger partial charge in [-0.25, -0.2) is 0 Å². The first-order valence-electron chi connectivity index (χ1n) is 46.7. The fraction of sp³-hybridized carbons (Fsp3) is 0.0229. The van der Waals surface area contributed by atoms with Crippen molar-refractivity contribution in [3.63, 3.8) is 0 Å². The third-order valence-corrected chi connectivity index (χ3v) is 29.5. The Morgan fingerprint density at radius 3 is 1.01 bits per heavy atom. The van der Waals surface area contributed by atoms with Crippen LogP contribution < -0.4 is 0 Å². The Hall–Kier alpha value is -17.2. The molecular formula is C131H85N3. The Morgan fingerprint density at radius 1 is 0.157 bits per heavy atom. The van der Waals surface area contributed by atoms with Gasteiger partial charge in [0.15, 0.2) is 0 Å². The standard InChI is InChI=1S/C66H43N.C65H42N2/c1-4-17-43(18-5-1)45-21-16-22-49(37-45)65-55-35-32-47(48-33-36-64-59(40-48)54-28-13-15-30-63(54)67(64)52-34-31-44-19-10-11-20-46(44)38-52)39-56(55)57-42-62-58(41-60(57)65)53-27-12-14-29-61(53)66(62,50-23-6-2-7-24-50)51-25-8-3-9-26-51;1-4-17-43(18-5-1)46-21-16-26-51(37-46)67-63-36-33-48(47-32-35-62-56(39-47)54-28-13-15-30-61(54)66(62)52-34-31-44-19-10-11-20-45(44)38-52)40-57(63)58-41-55-53-27-12-14-29-59(53)65(60(55)42-64(58)67,49-22-6-2-7-23-49)50-24-8-3-9-25-50/h1-42,65H;1-42H. The highest BCUT2D eigenvalue weighted by molar-refractivity contribution is 6.16. The molecule has 0 saturated carbocycles. The average Bonchev–Trinajstić information content (AvgIpc) is 1.52. The summed E-state index contributed by atoms with van der Waals surface area (Å²) in [5, 5.41) is 12.4. The molecule has 3 nitrogen and oxygen atoms in total. The lowest BCUT2D eigenvalue weighted by atomic mass is 9.67. The molecule has 3 heteroatoms. The molecule has 0 spiro atoms.